The maximum atomic E-state index is 10.8. The summed E-state index contributed by atoms with van der Waals surface area (Å²) < 4.78 is 6.40. The molecule has 1 aliphatic heterocycles. The molecule has 17 heavy (non-hydrogen) atoms. The standard InChI is InChI=1S/C9H13N3O5/c10-8(16)4-1-2-12(11-4)9-7(15)6(14)5(3-13)17-9/h1-2,5-7,9,13-15H,3H2,(H2,10,16)/t5-,6-,7?,9-/m1/s1. The Morgan fingerprint density at radius 1 is 1.53 bits per heavy atom. The predicted octanol–water partition coefficient (Wildman–Crippen LogP) is -2.41. The Morgan fingerprint density at radius 2 is 2.24 bits per heavy atom. The van der Waals surface area contributed by atoms with Gasteiger partial charge >= 0.3 is 0 Å². The molecule has 2 heterocycles. The summed E-state index contributed by atoms with van der Waals surface area (Å²) in [5.41, 5.74) is 5.06. The van der Waals surface area contributed by atoms with Crippen molar-refractivity contribution in [3.8, 4) is 0 Å². The van der Waals surface area contributed by atoms with E-state index in [0.29, 0.717) is 0 Å². The zero-order valence-corrected chi connectivity index (χ0v) is 8.80. The van der Waals surface area contributed by atoms with E-state index in [1.807, 2.05) is 0 Å². The van der Waals surface area contributed by atoms with Crippen molar-refractivity contribution in [2.75, 3.05) is 6.61 Å². The van der Waals surface area contributed by atoms with Crippen molar-refractivity contribution in [1.82, 2.24) is 9.78 Å². The molecule has 1 saturated heterocycles. The number of carbonyl (C=O) groups excluding carboxylic acids is 1. The van der Waals surface area contributed by atoms with Crippen LogP contribution in [0.5, 0.6) is 0 Å². The van der Waals surface area contributed by atoms with Crippen molar-refractivity contribution in [2.24, 2.45) is 5.73 Å². The highest BCUT2D eigenvalue weighted by molar-refractivity contribution is 5.90. The number of nitrogens with zero attached hydrogens (tertiary/aromatic N) is 2. The van der Waals surface area contributed by atoms with Gasteiger partial charge in [-0.3, -0.25) is 4.79 Å². The van der Waals surface area contributed by atoms with Crippen molar-refractivity contribution < 1.29 is 24.9 Å². The third kappa shape index (κ3) is 2.03. The van der Waals surface area contributed by atoms with Crippen LogP contribution in [0.25, 0.3) is 0 Å². The first-order valence-electron chi connectivity index (χ1n) is 5.02. The van der Waals surface area contributed by atoms with E-state index in [1.54, 1.807) is 0 Å². The molecule has 2 rings (SSSR count). The minimum Gasteiger partial charge on any atom is -0.394 e. The Hall–Kier alpha value is -1.48. The average Bonchev–Trinajstić information content (AvgIpc) is 2.87. The number of aliphatic hydroxyl groups is 3. The van der Waals surface area contributed by atoms with Crippen LogP contribution in [0.3, 0.4) is 0 Å². The number of carbonyl (C=O) groups is 1. The predicted molar refractivity (Wildman–Crippen MR) is 53.8 cm³/mol. The SMILES string of the molecule is NC(=O)c1ccn([C@@H]2O[C@H](CO)[C@@H](O)C2O)n1. The van der Waals surface area contributed by atoms with Gasteiger partial charge in [0.25, 0.3) is 5.91 Å². The van der Waals surface area contributed by atoms with Gasteiger partial charge in [0.05, 0.1) is 6.61 Å². The van der Waals surface area contributed by atoms with Gasteiger partial charge in [0.1, 0.15) is 24.0 Å². The van der Waals surface area contributed by atoms with Gasteiger partial charge in [0.15, 0.2) is 6.23 Å². The van der Waals surface area contributed by atoms with E-state index in [0.717, 1.165) is 0 Å². The number of rotatable bonds is 3. The normalized spacial score (nSPS) is 32.9. The third-order valence-corrected chi connectivity index (χ3v) is 2.64. The number of hydrogen-bond donors (Lipinski definition) is 4. The number of aromatic nitrogens is 2. The molecule has 0 saturated carbocycles. The number of aliphatic hydroxyl groups excluding tert-OH is 3. The van der Waals surface area contributed by atoms with Gasteiger partial charge in [-0.2, -0.15) is 5.10 Å². The van der Waals surface area contributed by atoms with E-state index in [-0.39, 0.29) is 5.69 Å². The lowest BCUT2D eigenvalue weighted by atomic mass is 10.1. The van der Waals surface area contributed by atoms with E-state index >= 15 is 0 Å². The van der Waals surface area contributed by atoms with Crippen LogP contribution >= 0.6 is 0 Å². The zero-order valence-electron chi connectivity index (χ0n) is 8.80. The van der Waals surface area contributed by atoms with Gasteiger partial charge in [0.2, 0.25) is 0 Å². The molecule has 0 radical (unpaired) electrons. The molecule has 8 nitrogen and oxygen atoms in total. The fourth-order valence-corrected chi connectivity index (χ4v) is 1.71. The van der Waals surface area contributed by atoms with Crippen molar-refractivity contribution >= 4 is 5.91 Å². The summed E-state index contributed by atoms with van der Waals surface area (Å²) in [5.74, 6) is -0.699. The number of hydrogen-bond acceptors (Lipinski definition) is 6. The minimum absolute atomic E-state index is 0.0303. The average molecular weight is 243 g/mol. The first-order chi connectivity index (χ1) is 8.04. The van der Waals surface area contributed by atoms with Crippen molar-refractivity contribution in [3.05, 3.63) is 18.0 Å². The Morgan fingerprint density at radius 3 is 2.71 bits per heavy atom. The molecule has 1 aromatic rings. The van der Waals surface area contributed by atoms with E-state index < -0.39 is 37.1 Å². The van der Waals surface area contributed by atoms with Crippen LogP contribution in [0.2, 0.25) is 0 Å². The molecular weight excluding hydrogens is 230 g/mol. The van der Waals surface area contributed by atoms with Gasteiger partial charge in [-0.15, -0.1) is 0 Å². The summed E-state index contributed by atoms with van der Waals surface area (Å²) in [6.07, 6.45) is -2.86. The summed E-state index contributed by atoms with van der Waals surface area (Å²) in [6.45, 7) is -0.418. The third-order valence-electron chi connectivity index (χ3n) is 2.64. The highest BCUT2D eigenvalue weighted by Crippen LogP contribution is 2.28. The number of amides is 1. The second-order valence-electron chi connectivity index (χ2n) is 3.77. The Bertz CT molecular complexity index is 421. The van der Waals surface area contributed by atoms with E-state index in [9.17, 15) is 15.0 Å². The van der Waals surface area contributed by atoms with E-state index in [4.69, 9.17) is 15.6 Å². The van der Waals surface area contributed by atoms with Gasteiger partial charge in [-0.25, -0.2) is 4.68 Å². The monoisotopic (exact) mass is 243 g/mol. The van der Waals surface area contributed by atoms with Crippen molar-refractivity contribution in [1.29, 1.82) is 0 Å². The number of nitrogens with two attached hydrogens (primary N) is 1. The maximum absolute atomic E-state index is 10.8. The lowest BCUT2D eigenvalue weighted by molar-refractivity contribution is -0.0587. The second kappa shape index (κ2) is 4.41. The number of primary amides is 1. The van der Waals surface area contributed by atoms with Gasteiger partial charge in [-0.1, -0.05) is 0 Å². The molecule has 0 spiro atoms. The van der Waals surface area contributed by atoms with Crippen LogP contribution < -0.4 is 5.73 Å². The van der Waals surface area contributed by atoms with Gasteiger partial charge < -0.3 is 25.8 Å². The second-order valence-corrected chi connectivity index (χ2v) is 3.77. The largest absolute Gasteiger partial charge is 0.394 e. The lowest BCUT2D eigenvalue weighted by Crippen LogP contribution is -2.33. The summed E-state index contributed by atoms with van der Waals surface area (Å²) in [6, 6.07) is 1.37. The van der Waals surface area contributed by atoms with E-state index in [1.165, 1.54) is 16.9 Å². The van der Waals surface area contributed by atoms with Crippen molar-refractivity contribution in [2.45, 2.75) is 24.5 Å². The van der Waals surface area contributed by atoms with E-state index in [2.05, 4.69) is 5.10 Å². The Labute approximate surface area is 96.2 Å². The maximum Gasteiger partial charge on any atom is 0.269 e. The van der Waals surface area contributed by atoms with Gasteiger partial charge in [-0.05, 0) is 6.07 Å². The van der Waals surface area contributed by atoms with Crippen LogP contribution in [0.15, 0.2) is 12.3 Å². The quantitative estimate of drug-likeness (QED) is 0.468. The molecule has 8 heteroatoms. The zero-order chi connectivity index (χ0) is 12.6. The highest BCUT2D eigenvalue weighted by Gasteiger charge is 2.43. The lowest BCUT2D eigenvalue weighted by Gasteiger charge is -2.14. The van der Waals surface area contributed by atoms with Gasteiger partial charge in [0, 0.05) is 6.20 Å². The molecule has 0 bridgehead atoms. The number of ether oxygens (including phenoxy) is 1. The molecule has 1 unspecified atom stereocenters. The fourth-order valence-electron chi connectivity index (χ4n) is 1.71. The van der Waals surface area contributed by atoms with Crippen molar-refractivity contribution in [3.63, 3.8) is 0 Å². The molecule has 0 aliphatic carbocycles. The minimum atomic E-state index is -1.23. The van der Waals surface area contributed by atoms with Crippen LogP contribution in [0, 0.1) is 0 Å². The van der Waals surface area contributed by atoms with Crippen LogP contribution in [0.4, 0.5) is 0 Å². The first-order valence-corrected chi connectivity index (χ1v) is 5.02. The Kier molecular flexibility index (Phi) is 3.11. The topological polar surface area (TPSA) is 131 Å². The fraction of sp³-hybridized carbons (Fsp3) is 0.556. The molecule has 4 atom stereocenters. The molecule has 0 aromatic carbocycles. The summed E-state index contributed by atoms with van der Waals surface area (Å²) in [5, 5.41) is 32.0. The highest BCUT2D eigenvalue weighted by atomic mass is 16.6. The van der Waals surface area contributed by atoms with Crippen LogP contribution in [-0.4, -0.2) is 55.9 Å². The molecule has 94 valence electrons. The molecule has 1 aliphatic rings. The first kappa shape index (κ1) is 12.0. The van der Waals surface area contributed by atoms with Crippen LogP contribution in [0.1, 0.15) is 16.7 Å². The summed E-state index contributed by atoms with van der Waals surface area (Å²) in [7, 11) is 0. The van der Waals surface area contributed by atoms with Crippen LogP contribution in [-0.2, 0) is 4.74 Å². The smallest absolute Gasteiger partial charge is 0.269 e. The molecule has 1 aromatic heterocycles. The molecule has 1 fully saturated rings. The Balaban J connectivity index is 2.19. The molecule has 5 N–H and O–H groups in total. The molecular formula is C9H13N3O5. The summed E-state index contributed by atoms with van der Waals surface area (Å²) in [4.78, 5) is 10.8. The summed E-state index contributed by atoms with van der Waals surface area (Å²) >= 11 is 0. The molecule has 1 amide bonds.